The highest BCUT2D eigenvalue weighted by Crippen LogP contribution is 2.53. The Morgan fingerprint density at radius 2 is 1.84 bits per heavy atom. The number of carbonyl (C=O) groups excluding carboxylic acids is 2. The van der Waals surface area contributed by atoms with Gasteiger partial charge in [-0.2, -0.15) is 0 Å². The lowest BCUT2D eigenvalue weighted by Crippen LogP contribution is -2.49. The maximum absolute atomic E-state index is 13.7. The van der Waals surface area contributed by atoms with E-state index in [-0.39, 0.29) is 24.0 Å². The average molecular weight is 416 g/mol. The van der Waals surface area contributed by atoms with Gasteiger partial charge in [0.15, 0.2) is 0 Å². The largest absolute Gasteiger partial charge is 0.462 e. The van der Waals surface area contributed by atoms with Crippen molar-refractivity contribution >= 4 is 34.8 Å². The fourth-order valence-corrected chi connectivity index (χ4v) is 4.46. The van der Waals surface area contributed by atoms with Crippen molar-refractivity contribution in [2.45, 2.75) is 19.3 Å². The van der Waals surface area contributed by atoms with Crippen molar-refractivity contribution < 1.29 is 19.1 Å². The summed E-state index contributed by atoms with van der Waals surface area (Å²) in [5.74, 6) is -1.18. The van der Waals surface area contributed by atoms with Crippen LogP contribution in [0.2, 0.25) is 0 Å². The Bertz CT molecular complexity index is 1240. The molecule has 0 aromatic heterocycles. The van der Waals surface area contributed by atoms with Gasteiger partial charge in [-0.1, -0.05) is 30.3 Å². The monoisotopic (exact) mass is 416 g/mol. The van der Waals surface area contributed by atoms with Crippen LogP contribution in [0.15, 0.2) is 76.2 Å². The second-order valence-electron chi connectivity index (χ2n) is 7.37. The van der Waals surface area contributed by atoms with Crippen LogP contribution in [0.5, 0.6) is 0 Å². The molecule has 1 unspecified atom stereocenters. The maximum atomic E-state index is 13.7. The molecule has 2 aromatic rings. The number of ether oxygens (including phenoxy) is 2. The predicted octanol–water partition coefficient (Wildman–Crippen LogP) is 3.07. The minimum atomic E-state index is -1.57. The Balaban J connectivity index is 1.88. The fourth-order valence-electron chi connectivity index (χ4n) is 4.46. The standard InChI is InChI=1S/C23H20N4O4/c1-3-30-21(28)18-19(24)31-20-17(12(2)25-15-10-6-7-11-16(15)26-20)23(18)13-8-4-5-9-14(13)27-22(23)29/h4-11,25H,3,24H2,1-2H3,(H,27,29). The molecular formula is C23H20N4O4. The summed E-state index contributed by atoms with van der Waals surface area (Å²) < 4.78 is 11.1. The lowest BCUT2D eigenvalue weighted by molar-refractivity contribution is -0.140. The average Bonchev–Trinajstić information content (AvgIpc) is 2.92. The van der Waals surface area contributed by atoms with Gasteiger partial charge in [0.05, 0.1) is 23.6 Å². The third-order valence-corrected chi connectivity index (χ3v) is 5.64. The highest BCUT2D eigenvalue weighted by Gasteiger charge is 2.61. The number of aliphatic imine (C=N–C) groups is 1. The van der Waals surface area contributed by atoms with Gasteiger partial charge in [-0.3, -0.25) is 4.79 Å². The van der Waals surface area contributed by atoms with Gasteiger partial charge in [-0.05, 0) is 32.0 Å². The van der Waals surface area contributed by atoms with E-state index in [4.69, 9.17) is 15.2 Å². The van der Waals surface area contributed by atoms with E-state index in [2.05, 4.69) is 15.6 Å². The van der Waals surface area contributed by atoms with E-state index in [1.165, 1.54) is 0 Å². The van der Waals surface area contributed by atoms with Gasteiger partial charge in [-0.25, -0.2) is 9.79 Å². The summed E-state index contributed by atoms with van der Waals surface area (Å²) in [7, 11) is 0. The molecule has 4 N–H and O–H groups in total. The molecule has 0 fully saturated rings. The molecule has 0 aliphatic carbocycles. The van der Waals surface area contributed by atoms with E-state index in [0.717, 1.165) is 5.69 Å². The van der Waals surface area contributed by atoms with Gasteiger partial charge in [-0.15, -0.1) is 0 Å². The molecule has 8 heteroatoms. The van der Waals surface area contributed by atoms with Crippen molar-refractivity contribution in [3.8, 4) is 0 Å². The Morgan fingerprint density at radius 1 is 1.13 bits per heavy atom. The summed E-state index contributed by atoms with van der Waals surface area (Å²) >= 11 is 0. The molecule has 0 radical (unpaired) electrons. The second-order valence-corrected chi connectivity index (χ2v) is 7.37. The topological polar surface area (TPSA) is 115 Å². The van der Waals surface area contributed by atoms with Crippen molar-refractivity contribution in [1.82, 2.24) is 0 Å². The van der Waals surface area contributed by atoms with Gasteiger partial charge < -0.3 is 25.8 Å². The van der Waals surface area contributed by atoms with Crippen molar-refractivity contribution in [1.29, 1.82) is 0 Å². The Hall–Kier alpha value is -4.07. The van der Waals surface area contributed by atoms with E-state index in [9.17, 15) is 9.59 Å². The van der Waals surface area contributed by atoms with Crippen LogP contribution < -0.4 is 16.4 Å². The summed E-state index contributed by atoms with van der Waals surface area (Å²) in [5, 5.41) is 6.21. The van der Waals surface area contributed by atoms with Crippen LogP contribution >= 0.6 is 0 Å². The fraction of sp³-hybridized carbons (Fsp3) is 0.174. The number of carbonyl (C=O) groups is 2. The molecule has 0 saturated heterocycles. The number of anilines is 2. The molecule has 1 spiro atoms. The zero-order valence-corrected chi connectivity index (χ0v) is 17.0. The van der Waals surface area contributed by atoms with Crippen LogP contribution in [-0.4, -0.2) is 24.4 Å². The second kappa shape index (κ2) is 6.73. The third-order valence-electron chi connectivity index (χ3n) is 5.64. The molecule has 2 aromatic carbocycles. The van der Waals surface area contributed by atoms with Crippen molar-refractivity contribution in [2.24, 2.45) is 10.7 Å². The molecule has 1 amide bonds. The molecular weight excluding hydrogens is 396 g/mol. The number of rotatable bonds is 2. The normalized spacial score (nSPS) is 21.2. The Labute approximate surface area is 178 Å². The van der Waals surface area contributed by atoms with Crippen molar-refractivity contribution in [3.63, 3.8) is 0 Å². The predicted molar refractivity (Wildman–Crippen MR) is 116 cm³/mol. The zero-order valence-electron chi connectivity index (χ0n) is 17.0. The Kier molecular flexibility index (Phi) is 4.11. The first-order chi connectivity index (χ1) is 15.0. The van der Waals surface area contributed by atoms with Crippen LogP contribution in [-0.2, 0) is 24.5 Å². The first-order valence-corrected chi connectivity index (χ1v) is 9.91. The molecule has 3 aliphatic heterocycles. The number of esters is 1. The molecule has 0 bridgehead atoms. The number of nitrogens with two attached hydrogens (primary N) is 1. The van der Waals surface area contributed by atoms with Crippen LogP contribution in [0.25, 0.3) is 0 Å². The van der Waals surface area contributed by atoms with E-state index < -0.39 is 17.3 Å². The van der Waals surface area contributed by atoms with Gasteiger partial charge in [0.1, 0.15) is 11.0 Å². The van der Waals surface area contributed by atoms with E-state index >= 15 is 0 Å². The number of allylic oxidation sites excluding steroid dienone is 1. The minimum Gasteiger partial charge on any atom is -0.462 e. The minimum absolute atomic E-state index is 0.0575. The first-order valence-electron chi connectivity index (χ1n) is 9.91. The number of amides is 1. The number of para-hydroxylation sites is 3. The van der Waals surface area contributed by atoms with Crippen molar-refractivity contribution in [2.75, 3.05) is 17.2 Å². The molecule has 5 rings (SSSR count). The summed E-state index contributed by atoms with van der Waals surface area (Å²) in [6.45, 7) is 3.63. The highest BCUT2D eigenvalue weighted by molar-refractivity contribution is 6.23. The van der Waals surface area contributed by atoms with Crippen molar-refractivity contribution in [3.05, 3.63) is 76.8 Å². The van der Waals surface area contributed by atoms with E-state index in [1.807, 2.05) is 37.3 Å². The molecule has 8 nitrogen and oxygen atoms in total. The number of hydrogen-bond donors (Lipinski definition) is 3. The quantitative estimate of drug-likeness (QED) is 0.648. The summed E-state index contributed by atoms with van der Waals surface area (Å²) in [5.41, 5.74) is 8.22. The van der Waals surface area contributed by atoms with Gasteiger partial charge in [0.2, 0.25) is 17.7 Å². The SMILES string of the molecule is CCOC(=O)C1=C(N)OC2=Nc3ccccc3NC(C)=C2C12C(=O)Nc1ccccc12. The molecule has 3 heterocycles. The number of fused-ring (bicyclic) bond motifs is 5. The molecule has 0 saturated carbocycles. The number of nitrogens with zero attached hydrogens (tertiary/aromatic N) is 1. The van der Waals surface area contributed by atoms with Crippen LogP contribution in [0.3, 0.4) is 0 Å². The molecule has 1 atom stereocenters. The van der Waals surface area contributed by atoms with E-state index in [1.54, 1.807) is 25.1 Å². The van der Waals surface area contributed by atoms with Crippen LogP contribution in [0, 0.1) is 0 Å². The highest BCUT2D eigenvalue weighted by atomic mass is 16.5. The lowest BCUT2D eigenvalue weighted by Gasteiger charge is -2.37. The number of hydrogen-bond acceptors (Lipinski definition) is 7. The summed E-state index contributed by atoms with van der Waals surface area (Å²) in [4.78, 5) is 31.4. The number of nitrogens with one attached hydrogen (secondary N) is 2. The maximum Gasteiger partial charge on any atom is 0.341 e. The number of benzene rings is 2. The molecule has 31 heavy (non-hydrogen) atoms. The lowest BCUT2D eigenvalue weighted by atomic mass is 9.67. The van der Waals surface area contributed by atoms with Gasteiger partial charge >= 0.3 is 5.97 Å². The van der Waals surface area contributed by atoms with E-state index in [0.29, 0.717) is 28.2 Å². The molecule has 156 valence electrons. The summed E-state index contributed by atoms with van der Waals surface area (Å²) in [6, 6.07) is 14.6. The Morgan fingerprint density at radius 3 is 2.61 bits per heavy atom. The van der Waals surface area contributed by atoms with Gasteiger partial charge in [0.25, 0.3) is 0 Å². The smallest absolute Gasteiger partial charge is 0.341 e. The van der Waals surface area contributed by atoms with Crippen LogP contribution in [0.1, 0.15) is 19.4 Å². The zero-order chi connectivity index (χ0) is 21.8. The van der Waals surface area contributed by atoms with Gasteiger partial charge in [0, 0.05) is 16.9 Å². The summed E-state index contributed by atoms with van der Waals surface area (Å²) in [6.07, 6.45) is 0. The first kappa shape index (κ1) is 18.9. The van der Waals surface area contributed by atoms with Crippen LogP contribution in [0.4, 0.5) is 17.1 Å². The third kappa shape index (κ3) is 2.51. The molecule has 3 aliphatic rings.